The molecule has 4 nitrogen and oxygen atoms in total. The predicted octanol–water partition coefficient (Wildman–Crippen LogP) is 1.86. The molecule has 0 radical (unpaired) electrons. The van der Waals surface area contributed by atoms with Gasteiger partial charge >= 0.3 is 0 Å². The first kappa shape index (κ1) is 13.9. The van der Waals surface area contributed by atoms with Crippen LogP contribution in [-0.2, 0) is 4.79 Å². The van der Waals surface area contributed by atoms with Crippen LogP contribution in [0.2, 0.25) is 0 Å². The van der Waals surface area contributed by atoms with Crippen LogP contribution in [0.4, 0.5) is 5.69 Å². The van der Waals surface area contributed by atoms with Crippen molar-refractivity contribution in [2.45, 2.75) is 31.6 Å². The minimum absolute atomic E-state index is 0.0183. The summed E-state index contributed by atoms with van der Waals surface area (Å²) in [5.41, 5.74) is 1.20. The highest BCUT2D eigenvalue weighted by Gasteiger charge is 2.30. The SMILES string of the molecule is CC(C)NC(=O)c1ccccc1N1CC(S)CC1=O. The largest absolute Gasteiger partial charge is 0.350 e. The minimum Gasteiger partial charge on any atom is -0.350 e. The second-order valence-corrected chi connectivity index (χ2v) is 5.74. The average Bonchev–Trinajstić information content (AvgIpc) is 2.67. The zero-order valence-corrected chi connectivity index (χ0v) is 12.0. The summed E-state index contributed by atoms with van der Waals surface area (Å²) >= 11 is 4.34. The van der Waals surface area contributed by atoms with Crippen molar-refractivity contribution in [3.63, 3.8) is 0 Å². The summed E-state index contributed by atoms with van der Waals surface area (Å²) in [4.78, 5) is 25.7. The van der Waals surface area contributed by atoms with E-state index in [1.54, 1.807) is 23.1 Å². The number of carbonyl (C=O) groups is 2. The number of hydrogen-bond donors (Lipinski definition) is 2. The molecule has 1 aliphatic rings. The fraction of sp³-hybridized carbons (Fsp3) is 0.429. The molecule has 5 heteroatoms. The lowest BCUT2D eigenvalue weighted by molar-refractivity contribution is -0.117. The molecule has 0 spiro atoms. The van der Waals surface area contributed by atoms with Crippen molar-refractivity contribution in [3.8, 4) is 0 Å². The highest BCUT2D eigenvalue weighted by molar-refractivity contribution is 7.81. The summed E-state index contributed by atoms with van der Waals surface area (Å²) < 4.78 is 0. The van der Waals surface area contributed by atoms with Crippen LogP contribution in [-0.4, -0.2) is 29.7 Å². The van der Waals surface area contributed by atoms with Crippen molar-refractivity contribution < 1.29 is 9.59 Å². The fourth-order valence-corrected chi connectivity index (χ4v) is 2.48. The molecule has 102 valence electrons. The molecule has 0 aliphatic carbocycles. The van der Waals surface area contributed by atoms with Gasteiger partial charge in [-0.3, -0.25) is 9.59 Å². The van der Waals surface area contributed by atoms with E-state index in [-0.39, 0.29) is 23.1 Å². The third-order valence-electron chi connectivity index (χ3n) is 2.96. The first-order valence-corrected chi connectivity index (χ1v) is 6.89. The molecule has 1 aromatic carbocycles. The molecule has 0 aromatic heterocycles. The Labute approximate surface area is 118 Å². The Morgan fingerprint density at radius 2 is 2.11 bits per heavy atom. The van der Waals surface area contributed by atoms with Crippen molar-refractivity contribution in [1.82, 2.24) is 5.32 Å². The Balaban J connectivity index is 2.31. The van der Waals surface area contributed by atoms with E-state index in [4.69, 9.17) is 0 Å². The maximum Gasteiger partial charge on any atom is 0.253 e. The molecule has 1 saturated heterocycles. The van der Waals surface area contributed by atoms with E-state index < -0.39 is 0 Å². The smallest absolute Gasteiger partial charge is 0.253 e. The van der Waals surface area contributed by atoms with Crippen LogP contribution in [0.25, 0.3) is 0 Å². The summed E-state index contributed by atoms with van der Waals surface area (Å²) in [6.07, 6.45) is 0.420. The summed E-state index contributed by atoms with van der Waals surface area (Å²) in [6, 6.07) is 7.25. The van der Waals surface area contributed by atoms with Crippen molar-refractivity contribution in [2.75, 3.05) is 11.4 Å². The molecule has 2 amide bonds. The van der Waals surface area contributed by atoms with E-state index in [2.05, 4.69) is 17.9 Å². The van der Waals surface area contributed by atoms with Crippen molar-refractivity contribution in [2.24, 2.45) is 0 Å². The number of carbonyl (C=O) groups excluding carboxylic acids is 2. The standard InChI is InChI=1S/C14H18N2O2S/c1-9(2)15-14(18)11-5-3-4-6-12(11)16-8-10(19)7-13(16)17/h3-6,9-10,19H,7-8H2,1-2H3,(H,15,18). The second kappa shape index (κ2) is 5.65. The van der Waals surface area contributed by atoms with Crippen LogP contribution >= 0.6 is 12.6 Å². The van der Waals surface area contributed by atoms with Crippen LogP contribution in [0.5, 0.6) is 0 Å². The number of nitrogens with zero attached hydrogens (tertiary/aromatic N) is 1. The van der Waals surface area contributed by atoms with Crippen LogP contribution in [0.15, 0.2) is 24.3 Å². The lowest BCUT2D eigenvalue weighted by atomic mass is 10.1. The molecular formula is C14H18N2O2S. The van der Waals surface area contributed by atoms with Gasteiger partial charge in [-0.1, -0.05) is 12.1 Å². The van der Waals surface area contributed by atoms with Crippen molar-refractivity contribution in [1.29, 1.82) is 0 Å². The van der Waals surface area contributed by atoms with E-state index in [1.807, 2.05) is 19.9 Å². The fourth-order valence-electron chi connectivity index (χ4n) is 2.16. The molecule has 1 atom stereocenters. The molecule has 1 heterocycles. The van der Waals surface area contributed by atoms with E-state index in [0.717, 1.165) is 0 Å². The van der Waals surface area contributed by atoms with E-state index in [0.29, 0.717) is 24.2 Å². The molecule has 1 N–H and O–H groups in total. The quantitative estimate of drug-likeness (QED) is 0.829. The Morgan fingerprint density at radius 1 is 1.42 bits per heavy atom. The summed E-state index contributed by atoms with van der Waals surface area (Å²) in [5.74, 6) is -0.134. The summed E-state index contributed by atoms with van der Waals surface area (Å²) in [6.45, 7) is 4.37. The molecule has 1 aromatic rings. The highest BCUT2D eigenvalue weighted by atomic mass is 32.1. The number of hydrogen-bond acceptors (Lipinski definition) is 3. The Morgan fingerprint density at radius 3 is 2.68 bits per heavy atom. The third kappa shape index (κ3) is 3.10. The number of amides is 2. The zero-order chi connectivity index (χ0) is 14.0. The van der Waals surface area contributed by atoms with Crippen molar-refractivity contribution >= 4 is 30.1 Å². The number of rotatable bonds is 3. The number of nitrogens with one attached hydrogen (secondary N) is 1. The van der Waals surface area contributed by atoms with Gasteiger partial charge < -0.3 is 10.2 Å². The Bertz CT molecular complexity index is 502. The maximum atomic E-state index is 12.2. The summed E-state index contributed by atoms with van der Waals surface area (Å²) in [7, 11) is 0. The van der Waals surface area contributed by atoms with E-state index >= 15 is 0 Å². The van der Waals surface area contributed by atoms with Gasteiger partial charge in [0.05, 0.1) is 11.3 Å². The first-order valence-electron chi connectivity index (χ1n) is 6.37. The maximum absolute atomic E-state index is 12.2. The third-order valence-corrected chi connectivity index (χ3v) is 3.31. The van der Waals surface area contributed by atoms with Gasteiger partial charge in [-0.15, -0.1) is 0 Å². The topological polar surface area (TPSA) is 49.4 Å². The number of anilines is 1. The Kier molecular flexibility index (Phi) is 4.14. The molecule has 2 rings (SSSR count). The molecule has 19 heavy (non-hydrogen) atoms. The van der Waals surface area contributed by atoms with Crippen LogP contribution in [0.3, 0.4) is 0 Å². The van der Waals surface area contributed by atoms with Gasteiger partial charge in [0.2, 0.25) is 5.91 Å². The van der Waals surface area contributed by atoms with Gasteiger partial charge in [0, 0.05) is 24.3 Å². The lowest BCUT2D eigenvalue weighted by Gasteiger charge is -2.20. The predicted molar refractivity (Wildman–Crippen MR) is 78.8 cm³/mol. The molecule has 0 saturated carbocycles. The average molecular weight is 278 g/mol. The molecular weight excluding hydrogens is 260 g/mol. The monoisotopic (exact) mass is 278 g/mol. The van der Waals surface area contributed by atoms with Gasteiger partial charge in [0.1, 0.15) is 0 Å². The van der Waals surface area contributed by atoms with Crippen molar-refractivity contribution in [3.05, 3.63) is 29.8 Å². The highest BCUT2D eigenvalue weighted by Crippen LogP contribution is 2.27. The minimum atomic E-state index is -0.152. The van der Waals surface area contributed by atoms with Crippen LogP contribution in [0, 0.1) is 0 Å². The summed E-state index contributed by atoms with van der Waals surface area (Å²) in [5, 5.41) is 2.89. The lowest BCUT2D eigenvalue weighted by Crippen LogP contribution is -2.33. The molecule has 1 aliphatic heterocycles. The number of para-hydroxylation sites is 1. The van der Waals surface area contributed by atoms with E-state index in [1.165, 1.54) is 0 Å². The van der Waals surface area contributed by atoms with Gasteiger partial charge in [-0.2, -0.15) is 12.6 Å². The van der Waals surface area contributed by atoms with Gasteiger partial charge in [0.25, 0.3) is 5.91 Å². The molecule has 1 fully saturated rings. The normalized spacial score (nSPS) is 19.1. The number of benzene rings is 1. The Hall–Kier alpha value is -1.49. The van der Waals surface area contributed by atoms with Gasteiger partial charge in [0.15, 0.2) is 0 Å². The van der Waals surface area contributed by atoms with E-state index in [9.17, 15) is 9.59 Å². The second-order valence-electron chi connectivity index (χ2n) is 5.01. The van der Waals surface area contributed by atoms with Gasteiger partial charge in [-0.25, -0.2) is 0 Å². The van der Waals surface area contributed by atoms with Crippen LogP contribution < -0.4 is 10.2 Å². The molecule has 1 unspecified atom stereocenters. The number of thiol groups is 1. The van der Waals surface area contributed by atoms with Gasteiger partial charge in [-0.05, 0) is 26.0 Å². The molecule has 0 bridgehead atoms. The first-order chi connectivity index (χ1) is 8.99. The zero-order valence-electron chi connectivity index (χ0n) is 11.1. The van der Waals surface area contributed by atoms with Crippen LogP contribution in [0.1, 0.15) is 30.6 Å².